The topological polar surface area (TPSA) is 113 Å². The van der Waals surface area contributed by atoms with Gasteiger partial charge in [-0.3, -0.25) is 9.59 Å². The number of nitrogens with one attached hydrogen (secondary N) is 3. The lowest BCUT2D eigenvalue weighted by molar-refractivity contribution is 0.0591. The number of aromatic amines is 1. The standard InChI is InChI=1S/C20H16ClFN4O4/c1-10-7-12(25-19(28)16-17(20(29)30-2)24-9-23-16)4-6-15(10)26-18(27)13-5-3-11(22)8-14(13)21/h3-9H,1-2H3,(H,23,24)(H,25,28)(H,26,27). The third-order valence-corrected chi connectivity index (χ3v) is 4.46. The Morgan fingerprint density at radius 1 is 1.10 bits per heavy atom. The predicted molar refractivity (Wildman–Crippen MR) is 108 cm³/mol. The molecule has 0 aliphatic heterocycles. The van der Waals surface area contributed by atoms with E-state index >= 15 is 0 Å². The summed E-state index contributed by atoms with van der Waals surface area (Å²) in [6, 6.07) is 8.27. The van der Waals surface area contributed by atoms with E-state index in [1.807, 2.05) is 0 Å². The molecule has 0 aliphatic carbocycles. The average Bonchev–Trinajstić information content (AvgIpc) is 3.19. The van der Waals surface area contributed by atoms with Crippen LogP contribution in [0.4, 0.5) is 15.8 Å². The fourth-order valence-electron chi connectivity index (χ4n) is 2.66. The van der Waals surface area contributed by atoms with Crippen molar-refractivity contribution < 1.29 is 23.5 Å². The summed E-state index contributed by atoms with van der Waals surface area (Å²) in [7, 11) is 1.19. The van der Waals surface area contributed by atoms with Crippen molar-refractivity contribution in [3.05, 3.63) is 76.1 Å². The molecule has 8 nitrogen and oxygen atoms in total. The van der Waals surface area contributed by atoms with Crippen LogP contribution in [0.2, 0.25) is 5.02 Å². The number of esters is 1. The highest BCUT2D eigenvalue weighted by atomic mass is 35.5. The van der Waals surface area contributed by atoms with Crippen LogP contribution in [0.1, 0.15) is 36.9 Å². The quantitative estimate of drug-likeness (QED) is 0.533. The number of benzene rings is 2. The fraction of sp³-hybridized carbons (Fsp3) is 0.100. The molecule has 0 radical (unpaired) electrons. The molecule has 3 N–H and O–H groups in total. The first-order chi connectivity index (χ1) is 14.3. The molecule has 1 aromatic heterocycles. The number of imidazole rings is 1. The smallest absolute Gasteiger partial charge is 0.356 e. The second-order valence-corrected chi connectivity index (χ2v) is 6.59. The van der Waals surface area contributed by atoms with Gasteiger partial charge in [0.15, 0.2) is 11.4 Å². The molecule has 154 valence electrons. The number of amides is 2. The van der Waals surface area contributed by atoms with Crippen LogP contribution in [0.25, 0.3) is 0 Å². The number of hydrogen-bond donors (Lipinski definition) is 3. The molecule has 0 atom stereocenters. The van der Waals surface area contributed by atoms with Gasteiger partial charge in [-0.25, -0.2) is 14.2 Å². The van der Waals surface area contributed by atoms with Gasteiger partial charge in [-0.2, -0.15) is 0 Å². The minimum absolute atomic E-state index is 0.00514. The highest BCUT2D eigenvalue weighted by molar-refractivity contribution is 6.34. The first-order valence-corrected chi connectivity index (χ1v) is 8.98. The summed E-state index contributed by atoms with van der Waals surface area (Å²) in [6.45, 7) is 1.73. The third kappa shape index (κ3) is 4.47. The Bertz CT molecular complexity index is 1150. The molecule has 0 saturated heterocycles. The molecule has 3 rings (SSSR count). The Morgan fingerprint density at radius 2 is 1.87 bits per heavy atom. The summed E-state index contributed by atoms with van der Waals surface area (Å²) in [6.07, 6.45) is 1.21. The van der Waals surface area contributed by atoms with Crippen LogP contribution >= 0.6 is 11.6 Å². The van der Waals surface area contributed by atoms with Gasteiger partial charge < -0.3 is 20.4 Å². The molecular formula is C20H16ClFN4O4. The first kappa shape index (κ1) is 21.0. The van der Waals surface area contributed by atoms with Gasteiger partial charge in [-0.05, 0) is 48.9 Å². The predicted octanol–water partition coefficient (Wildman–Crippen LogP) is 3.80. The van der Waals surface area contributed by atoms with Gasteiger partial charge in [-0.15, -0.1) is 0 Å². The number of H-pyrrole nitrogens is 1. The lowest BCUT2D eigenvalue weighted by Crippen LogP contribution is -2.17. The monoisotopic (exact) mass is 430 g/mol. The van der Waals surface area contributed by atoms with Gasteiger partial charge in [0.2, 0.25) is 0 Å². The van der Waals surface area contributed by atoms with Crippen LogP contribution in [0, 0.1) is 12.7 Å². The molecule has 2 amide bonds. The summed E-state index contributed by atoms with van der Waals surface area (Å²) < 4.78 is 17.8. The first-order valence-electron chi connectivity index (χ1n) is 8.60. The number of methoxy groups -OCH3 is 1. The number of rotatable bonds is 5. The number of ether oxygens (including phenoxy) is 1. The number of hydrogen-bond acceptors (Lipinski definition) is 5. The lowest BCUT2D eigenvalue weighted by atomic mass is 10.1. The van der Waals surface area contributed by atoms with E-state index < -0.39 is 23.6 Å². The largest absolute Gasteiger partial charge is 0.464 e. The maximum Gasteiger partial charge on any atom is 0.356 e. The van der Waals surface area contributed by atoms with Gasteiger partial charge in [0.25, 0.3) is 11.8 Å². The number of aryl methyl sites for hydroxylation is 1. The maximum absolute atomic E-state index is 13.2. The fourth-order valence-corrected chi connectivity index (χ4v) is 2.91. The molecular weight excluding hydrogens is 415 g/mol. The normalized spacial score (nSPS) is 10.4. The van der Waals surface area contributed by atoms with Gasteiger partial charge in [0.1, 0.15) is 5.82 Å². The van der Waals surface area contributed by atoms with E-state index in [1.54, 1.807) is 25.1 Å². The van der Waals surface area contributed by atoms with Crippen LogP contribution in [0.3, 0.4) is 0 Å². The van der Waals surface area contributed by atoms with Crippen LogP contribution in [-0.4, -0.2) is 34.9 Å². The van der Waals surface area contributed by atoms with Crippen molar-refractivity contribution in [1.82, 2.24) is 9.97 Å². The molecule has 10 heteroatoms. The van der Waals surface area contributed by atoms with Gasteiger partial charge >= 0.3 is 5.97 Å². The van der Waals surface area contributed by atoms with E-state index in [9.17, 15) is 18.8 Å². The summed E-state index contributed by atoms with van der Waals surface area (Å²) in [5.74, 6) is -2.36. The summed E-state index contributed by atoms with van der Waals surface area (Å²) in [5, 5.41) is 5.31. The van der Waals surface area contributed by atoms with Crippen molar-refractivity contribution in [1.29, 1.82) is 0 Å². The molecule has 30 heavy (non-hydrogen) atoms. The number of aromatic nitrogens is 2. The van der Waals surface area contributed by atoms with Crippen LogP contribution in [0.5, 0.6) is 0 Å². The lowest BCUT2D eigenvalue weighted by Gasteiger charge is -2.12. The molecule has 0 fully saturated rings. The molecule has 0 bridgehead atoms. The van der Waals surface area contributed by atoms with Crippen LogP contribution in [0.15, 0.2) is 42.7 Å². The number of halogens is 2. The highest BCUT2D eigenvalue weighted by Crippen LogP contribution is 2.23. The molecule has 2 aromatic carbocycles. The van der Waals surface area contributed by atoms with E-state index in [1.165, 1.54) is 19.5 Å². The van der Waals surface area contributed by atoms with Crippen molar-refractivity contribution in [2.75, 3.05) is 17.7 Å². The molecule has 1 heterocycles. The van der Waals surface area contributed by atoms with E-state index in [0.29, 0.717) is 16.9 Å². The van der Waals surface area contributed by atoms with Crippen molar-refractivity contribution >= 4 is 40.8 Å². The Morgan fingerprint density at radius 3 is 2.53 bits per heavy atom. The van der Waals surface area contributed by atoms with Crippen molar-refractivity contribution in [2.24, 2.45) is 0 Å². The molecule has 0 saturated carbocycles. The molecule has 0 aliphatic rings. The second kappa shape index (κ2) is 8.75. The molecule has 0 spiro atoms. The number of carbonyl (C=O) groups is 3. The van der Waals surface area contributed by atoms with E-state index in [2.05, 4.69) is 25.3 Å². The molecule has 0 unspecified atom stereocenters. The highest BCUT2D eigenvalue weighted by Gasteiger charge is 2.21. The zero-order chi connectivity index (χ0) is 21.8. The number of anilines is 2. The van der Waals surface area contributed by atoms with E-state index in [-0.39, 0.29) is 22.0 Å². The maximum atomic E-state index is 13.2. The minimum Gasteiger partial charge on any atom is -0.464 e. The Balaban J connectivity index is 1.74. The summed E-state index contributed by atoms with van der Waals surface area (Å²) in [4.78, 5) is 42.9. The zero-order valence-electron chi connectivity index (χ0n) is 15.9. The van der Waals surface area contributed by atoms with Crippen molar-refractivity contribution in [3.8, 4) is 0 Å². The van der Waals surface area contributed by atoms with E-state index in [4.69, 9.17) is 11.6 Å². The summed E-state index contributed by atoms with van der Waals surface area (Å²) >= 11 is 5.92. The van der Waals surface area contributed by atoms with Gasteiger partial charge in [-0.1, -0.05) is 11.6 Å². The van der Waals surface area contributed by atoms with Gasteiger partial charge in [0, 0.05) is 11.4 Å². The minimum atomic E-state index is -0.716. The van der Waals surface area contributed by atoms with Crippen molar-refractivity contribution in [2.45, 2.75) is 6.92 Å². The zero-order valence-corrected chi connectivity index (χ0v) is 16.6. The Kier molecular flexibility index (Phi) is 6.12. The SMILES string of the molecule is COC(=O)c1[nH]cnc1C(=O)Nc1ccc(NC(=O)c2ccc(F)cc2Cl)c(C)c1. The Labute approximate surface area is 175 Å². The number of carbonyl (C=O) groups excluding carboxylic acids is 3. The van der Waals surface area contributed by atoms with Gasteiger partial charge in [0.05, 0.1) is 24.0 Å². The van der Waals surface area contributed by atoms with Crippen LogP contribution in [-0.2, 0) is 4.74 Å². The van der Waals surface area contributed by atoms with E-state index in [0.717, 1.165) is 12.1 Å². The Hall–Kier alpha value is -3.72. The second-order valence-electron chi connectivity index (χ2n) is 6.18. The van der Waals surface area contributed by atoms with Crippen LogP contribution < -0.4 is 10.6 Å². The van der Waals surface area contributed by atoms with Crippen molar-refractivity contribution in [3.63, 3.8) is 0 Å². The third-order valence-electron chi connectivity index (χ3n) is 4.15. The average molecular weight is 431 g/mol. The summed E-state index contributed by atoms with van der Waals surface area (Å²) in [5.41, 5.74) is 1.51. The molecule has 3 aromatic rings. The number of nitrogens with zero attached hydrogens (tertiary/aromatic N) is 1.